The Bertz CT molecular complexity index is 1360. The number of nitrogens with zero attached hydrogens (tertiary/aromatic N) is 3. The molecule has 6 rings (SSSR count). The van der Waals surface area contributed by atoms with Crippen LogP contribution in [0.1, 0.15) is 36.1 Å². The highest BCUT2D eigenvalue weighted by atomic mass is 35.5. The molecule has 2 saturated heterocycles. The Balaban J connectivity index is 0.000000937. The molecule has 0 bridgehead atoms. The molecule has 38 heavy (non-hydrogen) atoms. The molecule has 2 atom stereocenters. The minimum absolute atomic E-state index is 0.105. The molecule has 3 aromatic rings. The number of aryl methyl sites for hydroxylation is 1. The largest absolute Gasteiger partial charge is 0.483 e. The van der Waals surface area contributed by atoms with Gasteiger partial charge in [-0.15, -0.1) is 11.3 Å². The molecule has 200 valence electrons. The number of rotatable bonds is 5. The Morgan fingerprint density at radius 1 is 1.16 bits per heavy atom. The molecule has 0 saturated carbocycles. The smallest absolute Gasteiger partial charge is 0.290 e. The van der Waals surface area contributed by atoms with E-state index in [0.717, 1.165) is 58.6 Å². The number of thiophene rings is 1. The minimum atomic E-state index is -0.250. The van der Waals surface area contributed by atoms with E-state index >= 15 is 0 Å². The topological polar surface area (TPSA) is 123 Å². The van der Waals surface area contributed by atoms with Crippen molar-refractivity contribution in [1.29, 1.82) is 0 Å². The fourth-order valence-electron chi connectivity index (χ4n) is 5.71. The van der Waals surface area contributed by atoms with Crippen LogP contribution in [0.5, 0.6) is 0 Å². The summed E-state index contributed by atoms with van der Waals surface area (Å²) >= 11 is 8.22. The lowest BCUT2D eigenvalue weighted by Crippen LogP contribution is -2.40. The van der Waals surface area contributed by atoms with Gasteiger partial charge < -0.3 is 20.4 Å². The normalized spacial score (nSPS) is 21.0. The number of fused-ring (bicyclic) bond motifs is 2. The zero-order valence-corrected chi connectivity index (χ0v) is 22.3. The third kappa shape index (κ3) is 5.13. The van der Waals surface area contributed by atoms with Crippen molar-refractivity contribution in [3.8, 4) is 11.1 Å². The molecule has 0 aliphatic carbocycles. The summed E-state index contributed by atoms with van der Waals surface area (Å²) in [5, 5.41) is 20.7. The summed E-state index contributed by atoms with van der Waals surface area (Å²) in [4.78, 5) is 42.1. The van der Waals surface area contributed by atoms with Crippen LogP contribution in [0.4, 0.5) is 5.69 Å². The Morgan fingerprint density at radius 2 is 1.92 bits per heavy atom. The summed E-state index contributed by atoms with van der Waals surface area (Å²) in [5.74, 6) is -0.210. The van der Waals surface area contributed by atoms with Gasteiger partial charge in [-0.1, -0.05) is 11.6 Å². The van der Waals surface area contributed by atoms with Gasteiger partial charge in [0.05, 0.1) is 23.4 Å². The van der Waals surface area contributed by atoms with Crippen LogP contribution >= 0.6 is 22.9 Å². The lowest BCUT2D eigenvalue weighted by molar-refractivity contribution is -0.139. The molecule has 5 heterocycles. The fraction of sp³-hybridized carbons (Fsp3) is 0.407. The predicted molar refractivity (Wildman–Crippen MR) is 146 cm³/mol. The highest BCUT2D eigenvalue weighted by molar-refractivity contribution is 7.19. The number of anilines is 1. The second-order valence-electron chi connectivity index (χ2n) is 9.70. The van der Waals surface area contributed by atoms with Gasteiger partial charge in [0.15, 0.2) is 0 Å². The van der Waals surface area contributed by atoms with Crippen molar-refractivity contribution in [2.45, 2.75) is 50.7 Å². The molecule has 0 radical (unpaired) electrons. The number of carbonyl (C=O) groups is 3. The van der Waals surface area contributed by atoms with E-state index in [1.807, 2.05) is 24.4 Å². The van der Waals surface area contributed by atoms with Crippen LogP contribution in [0, 0.1) is 0 Å². The van der Waals surface area contributed by atoms with Crippen LogP contribution in [0.2, 0.25) is 5.02 Å². The van der Waals surface area contributed by atoms with E-state index in [1.54, 1.807) is 11.3 Å². The number of likely N-dealkylation sites (tertiary alicyclic amines) is 1. The number of benzene rings is 1. The number of imide groups is 1. The van der Waals surface area contributed by atoms with Crippen molar-refractivity contribution in [3.05, 3.63) is 45.9 Å². The summed E-state index contributed by atoms with van der Waals surface area (Å²) < 4.78 is 1.04. The molecular formula is C27H29ClN4O5S. The van der Waals surface area contributed by atoms with Crippen LogP contribution in [-0.2, 0) is 27.3 Å². The molecule has 3 aliphatic heterocycles. The number of hydrogen-bond donors (Lipinski definition) is 3. The number of nitrogens with one attached hydrogen (secondary N) is 1. The maximum Gasteiger partial charge on any atom is 0.290 e. The number of hydrogen-bond acceptors (Lipinski definition) is 8. The number of pyridine rings is 1. The first kappa shape index (κ1) is 26.6. The van der Waals surface area contributed by atoms with Crippen LogP contribution < -0.4 is 10.2 Å². The minimum Gasteiger partial charge on any atom is -0.483 e. The Labute approximate surface area is 229 Å². The lowest BCUT2D eigenvalue weighted by Gasteiger charge is -2.38. The van der Waals surface area contributed by atoms with E-state index in [9.17, 15) is 14.7 Å². The zero-order chi connectivity index (χ0) is 26.8. The highest BCUT2D eigenvalue weighted by Gasteiger charge is 2.33. The van der Waals surface area contributed by atoms with E-state index in [-0.39, 0.29) is 30.9 Å². The van der Waals surface area contributed by atoms with Crippen LogP contribution in [0.25, 0.3) is 21.3 Å². The van der Waals surface area contributed by atoms with Crippen molar-refractivity contribution in [2.24, 2.45) is 0 Å². The SMILES string of the molecule is O=C1CCC(=O)N1Cc1cc2nccc(-c3cc(Cl)cc4c3N([C@@H]3CN[C@@H](CO)C3)CCC4)c2s1.O=CO. The molecule has 3 N–H and O–H groups in total. The number of carbonyl (C=O) groups excluding carboxylic acids is 2. The van der Waals surface area contributed by atoms with E-state index in [4.69, 9.17) is 21.5 Å². The maximum absolute atomic E-state index is 12.2. The molecule has 2 aromatic heterocycles. The molecular weight excluding hydrogens is 528 g/mol. The average Bonchev–Trinajstić information content (AvgIpc) is 3.63. The van der Waals surface area contributed by atoms with Crippen molar-refractivity contribution >= 4 is 57.1 Å². The number of aromatic nitrogens is 1. The molecule has 0 unspecified atom stereocenters. The predicted octanol–water partition coefficient (Wildman–Crippen LogP) is 3.44. The zero-order valence-electron chi connectivity index (χ0n) is 20.7. The first-order chi connectivity index (χ1) is 18.4. The monoisotopic (exact) mass is 556 g/mol. The molecule has 2 amide bonds. The van der Waals surface area contributed by atoms with Gasteiger partial charge in [0.2, 0.25) is 11.8 Å². The molecule has 0 spiro atoms. The van der Waals surface area contributed by atoms with E-state index in [0.29, 0.717) is 30.5 Å². The summed E-state index contributed by atoms with van der Waals surface area (Å²) in [6.07, 6.45) is 5.37. The second-order valence-corrected chi connectivity index (χ2v) is 11.3. The Morgan fingerprint density at radius 3 is 2.63 bits per heavy atom. The van der Waals surface area contributed by atoms with Crippen molar-refractivity contribution in [1.82, 2.24) is 15.2 Å². The number of carboxylic acid groups (broad SMARTS) is 1. The van der Waals surface area contributed by atoms with Gasteiger partial charge in [0.1, 0.15) is 0 Å². The van der Waals surface area contributed by atoms with Gasteiger partial charge >= 0.3 is 0 Å². The Kier molecular flexibility index (Phi) is 7.94. The average molecular weight is 557 g/mol. The fourth-order valence-corrected chi connectivity index (χ4v) is 7.09. The molecule has 3 aliphatic rings. The standard InChI is InChI=1S/C26H27ClN4O3S.CH2O2/c27-16-8-15-2-1-7-30(18-10-17(14-32)29-12-18)25(15)21(9-16)20-5-6-28-22-11-19(35-26(20)22)13-31-23(33)3-4-24(31)34;2-1-3/h5-6,8-9,11,17-18,29,32H,1-4,7,10,12-14H2;1H,(H,2,3)/t17-,18+;/m1./s1. The van der Waals surface area contributed by atoms with Crippen molar-refractivity contribution in [2.75, 3.05) is 24.6 Å². The summed E-state index contributed by atoms with van der Waals surface area (Å²) in [7, 11) is 0. The van der Waals surface area contributed by atoms with Crippen LogP contribution in [0.3, 0.4) is 0 Å². The first-order valence-corrected chi connectivity index (χ1v) is 13.8. The highest BCUT2D eigenvalue weighted by Crippen LogP contribution is 2.45. The lowest BCUT2D eigenvalue weighted by atomic mass is 9.92. The molecule has 9 nitrogen and oxygen atoms in total. The molecule has 2 fully saturated rings. The van der Waals surface area contributed by atoms with E-state index in [2.05, 4.69) is 21.3 Å². The summed E-state index contributed by atoms with van der Waals surface area (Å²) in [5.41, 5.74) is 5.49. The number of aliphatic hydroxyl groups excluding tert-OH is 1. The van der Waals surface area contributed by atoms with E-state index < -0.39 is 0 Å². The van der Waals surface area contributed by atoms with E-state index in [1.165, 1.54) is 16.2 Å². The Hall–Kier alpha value is -3.05. The van der Waals surface area contributed by atoms with Crippen molar-refractivity contribution < 1.29 is 24.6 Å². The summed E-state index contributed by atoms with van der Waals surface area (Å²) in [6.45, 7) is 2.01. The third-order valence-electron chi connectivity index (χ3n) is 7.37. The van der Waals surface area contributed by atoms with Gasteiger partial charge in [-0.3, -0.25) is 24.3 Å². The van der Waals surface area contributed by atoms with Gasteiger partial charge in [-0.25, -0.2) is 0 Å². The summed E-state index contributed by atoms with van der Waals surface area (Å²) in [6, 6.07) is 8.60. The molecule has 11 heteroatoms. The third-order valence-corrected chi connectivity index (χ3v) is 8.73. The van der Waals surface area contributed by atoms with Crippen molar-refractivity contribution in [3.63, 3.8) is 0 Å². The first-order valence-electron chi connectivity index (χ1n) is 12.7. The molecule has 1 aromatic carbocycles. The number of halogens is 1. The van der Waals surface area contributed by atoms with Gasteiger partial charge in [0.25, 0.3) is 6.47 Å². The van der Waals surface area contributed by atoms with Gasteiger partial charge in [-0.2, -0.15) is 0 Å². The van der Waals surface area contributed by atoms with Crippen LogP contribution in [0.15, 0.2) is 30.5 Å². The number of amides is 2. The van der Waals surface area contributed by atoms with Gasteiger partial charge in [-0.05, 0) is 49.1 Å². The quantitative estimate of drug-likeness (QED) is 0.323. The maximum atomic E-state index is 12.2. The second kappa shape index (κ2) is 11.4. The van der Waals surface area contributed by atoms with Crippen LogP contribution in [-0.4, -0.2) is 70.2 Å². The number of aliphatic hydroxyl groups is 1. The van der Waals surface area contributed by atoms with Gasteiger partial charge in [0, 0.05) is 70.9 Å².